The highest BCUT2D eigenvalue weighted by atomic mass is 16.6. The summed E-state index contributed by atoms with van der Waals surface area (Å²) in [6, 6.07) is 18.1. The van der Waals surface area contributed by atoms with E-state index in [1.54, 1.807) is 0 Å². The van der Waals surface area contributed by atoms with Crippen molar-refractivity contribution in [2.45, 2.75) is 37.7 Å². The van der Waals surface area contributed by atoms with Gasteiger partial charge in [0.25, 0.3) is 0 Å². The molecule has 0 spiro atoms. The molecule has 1 heterocycles. The van der Waals surface area contributed by atoms with Gasteiger partial charge in [-0.15, -0.1) is 0 Å². The van der Waals surface area contributed by atoms with E-state index in [1.165, 1.54) is 35.1 Å². The smallest absolute Gasteiger partial charge is 0.104 e. The SMILES string of the molecule is c1ccc2c(c1)CCC2c1ccc(CCCOCC2CO2)cc1. The maximum absolute atomic E-state index is 5.60. The quantitative estimate of drug-likeness (QED) is 0.567. The zero-order valence-electron chi connectivity index (χ0n) is 13.5. The predicted molar refractivity (Wildman–Crippen MR) is 91.9 cm³/mol. The van der Waals surface area contributed by atoms with E-state index in [0.29, 0.717) is 12.0 Å². The fraction of sp³-hybridized carbons (Fsp3) is 0.429. The van der Waals surface area contributed by atoms with Crippen LogP contribution < -0.4 is 0 Å². The molecule has 1 saturated heterocycles. The first kappa shape index (κ1) is 14.9. The van der Waals surface area contributed by atoms with Crippen LogP contribution >= 0.6 is 0 Å². The standard InChI is InChI=1S/C21H24O2/c1-2-6-20-17(5-1)11-12-21(20)18-9-7-16(8-10-18)4-3-13-22-14-19-15-23-19/h1-2,5-10,19,21H,3-4,11-15H2. The second kappa shape index (κ2) is 6.86. The van der Waals surface area contributed by atoms with Crippen LogP contribution in [-0.4, -0.2) is 25.9 Å². The number of rotatable bonds is 7. The van der Waals surface area contributed by atoms with Gasteiger partial charge < -0.3 is 9.47 Å². The van der Waals surface area contributed by atoms with Crippen LogP contribution in [0.25, 0.3) is 0 Å². The first-order valence-electron chi connectivity index (χ1n) is 8.76. The molecule has 2 nitrogen and oxygen atoms in total. The van der Waals surface area contributed by atoms with Crippen molar-refractivity contribution in [3.63, 3.8) is 0 Å². The Hall–Kier alpha value is -1.64. The molecular formula is C21H24O2. The van der Waals surface area contributed by atoms with Crippen molar-refractivity contribution >= 4 is 0 Å². The van der Waals surface area contributed by atoms with Crippen LogP contribution in [0.2, 0.25) is 0 Å². The van der Waals surface area contributed by atoms with Crippen LogP contribution in [0.15, 0.2) is 48.5 Å². The lowest BCUT2D eigenvalue weighted by Crippen LogP contribution is -2.03. The molecule has 2 unspecified atom stereocenters. The zero-order chi connectivity index (χ0) is 15.5. The summed E-state index contributed by atoms with van der Waals surface area (Å²) in [7, 11) is 0. The minimum Gasteiger partial charge on any atom is -0.379 e. The molecule has 0 amide bonds. The summed E-state index contributed by atoms with van der Waals surface area (Å²) in [6.45, 7) is 2.48. The largest absolute Gasteiger partial charge is 0.379 e. The third-order valence-corrected chi connectivity index (χ3v) is 4.98. The van der Waals surface area contributed by atoms with Gasteiger partial charge in [0.05, 0.1) is 13.2 Å². The maximum atomic E-state index is 5.60. The minimum atomic E-state index is 0.378. The van der Waals surface area contributed by atoms with Gasteiger partial charge in [-0.05, 0) is 47.9 Å². The molecule has 1 aliphatic heterocycles. The molecule has 4 rings (SSSR count). The Morgan fingerprint density at radius 1 is 1.04 bits per heavy atom. The van der Waals surface area contributed by atoms with E-state index in [9.17, 15) is 0 Å². The second-order valence-electron chi connectivity index (χ2n) is 6.67. The van der Waals surface area contributed by atoms with E-state index < -0.39 is 0 Å². The normalized spacial score (nSPS) is 22.1. The first-order chi connectivity index (χ1) is 11.4. The van der Waals surface area contributed by atoms with Gasteiger partial charge >= 0.3 is 0 Å². The van der Waals surface area contributed by atoms with Crippen LogP contribution in [0.5, 0.6) is 0 Å². The van der Waals surface area contributed by atoms with Crippen molar-refractivity contribution < 1.29 is 9.47 Å². The van der Waals surface area contributed by atoms with Gasteiger partial charge in [-0.2, -0.15) is 0 Å². The lowest BCUT2D eigenvalue weighted by molar-refractivity contribution is 0.114. The van der Waals surface area contributed by atoms with Gasteiger partial charge in [-0.25, -0.2) is 0 Å². The van der Waals surface area contributed by atoms with E-state index in [-0.39, 0.29) is 0 Å². The van der Waals surface area contributed by atoms with Gasteiger partial charge in [0, 0.05) is 12.5 Å². The summed E-state index contributed by atoms with van der Waals surface area (Å²) in [6.07, 6.45) is 5.01. The molecule has 2 heteroatoms. The number of ether oxygens (including phenoxy) is 2. The molecule has 2 aliphatic rings. The van der Waals surface area contributed by atoms with Gasteiger partial charge in [0.15, 0.2) is 0 Å². The Kier molecular flexibility index (Phi) is 4.45. The summed E-state index contributed by atoms with van der Waals surface area (Å²) < 4.78 is 10.7. The highest BCUT2D eigenvalue weighted by molar-refractivity contribution is 5.42. The predicted octanol–water partition coefficient (Wildman–Crippen LogP) is 4.11. The van der Waals surface area contributed by atoms with E-state index >= 15 is 0 Å². The average molecular weight is 308 g/mol. The lowest BCUT2D eigenvalue weighted by Gasteiger charge is -2.13. The summed E-state index contributed by atoms with van der Waals surface area (Å²) in [4.78, 5) is 0. The molecular weight excluding hydrogens is 284 g/mol. The molecule has 2 aromatic carbocycles. The molecule has 0 bridgehead atoms. The van der Waals surface area contributed by atoms with E-state index in [2.05, 4.69) is 48.5 Å². The molecule has 2 atom stereocenters. The molecule has 120 valence electrons. The van der Waals surface area contributed by atoms with Crippen molar-refractivity contribution in [2.24, 2.45) is 0 Å². The highest BCUT2D eigenvalue weighted by Gasteiger charge is 2.23. The second-order valence-corrected chi connectivity index (χ2v) is 6.67. The Balaban J connectivity index is 1.31. The number of aryl methyl sites for hydroxylation is 2. The summed E-state index contributed by atoms with van der Waals surface area (Å²) in [5, 5.41) is 0. The Morgan fingerprint density at radius 3 is 2.70 bits per heavy atom. The highest BCUT2D eigenvalue weighted by Crippen LogP contribution is 2.37. The van der Waals surface area contributed by atoms with Gasteiger partial charge in [-0.1, -0.05) is 48.5 Å². The maximum Gasteiger partial charge on any atom is 0.104 e. The molecule has 0 saturated carbocycles. The zero-order valence-corrected chi connectivity index (χ0v) is 13.5. The van der Waals surface area contributed by atoms with Crippen LogP contribution in [0.4, 0.5) is 0 Å². The number of benzene rings is 2. The summed E-state index contributed by atoms with van der Waals surface area (Å²) in [5.74, 6) is 0.585. The van der Waals surface area contributed by atoms with Crippen molar-refractivity contribution in [3.8, 4) is 0 Å². The third kappa shape index (κ3) is 3.65. The molecule has 0 N–H and O–H groups in total. The van der Waals surface area contributed by atoms with E-state index in [0.717, 1.165) is 32.7 Å². The Morgan fingerprint density at radius 2 is 1.87 bits per heavy atom. The fourth-order valence-corrected chi connectivity index (χ4v) is 3.58. The molecule has 0 radical (unpaired) electrons. The van der Waals surface area contributed by atoms with Crippen LogP contribution in [-0.2, 0) is 22.3 Å². The monoisotopic (exact) mass is 308 g/mol. The molecule has 1 aliphatic carbocycles. The van der Waals surface area contributed by atoms with Crippen LogP contribution in [0, 0.1) is 0 Å². The minimum absolute atomic E-state index is 0.378. The number of hydrogen-bond acceptors (Lipinski definition) is 2. The number of hydrogen-bond donors (Lipinski definition) is 0. The number of fused-ring (bicyclic) bond motifs is 1. The van der Waals surface area contributed by atoms with Crippen molar-refractivity contribution in [1.82, 2.24) is 0 Å². The van der Waals surface area contributed by atoms with Gasteiger partial charge in [0.2, 0.25) is 0 Å². The van der Waals surface area contributed by atoms with Gasteiger partial charge in [-0.3, -0.25) is 0 Å². The van der Waals surface area contributed by atoms with Crippen molar-refractivity contribution in [3.05, 3.63) is 70.8 Å². The van der Waals surface area contributed by atoms with Gasteiger partial charge in [0.1, 0.15) is 6.10 Å². The average Bonchev–Trinajstić information content (AvgIpc) is 3.32. The molecule has 1 fully saturated rings. The molecule has 0 aromatic heterocycles. The summed E-state index contributed by atoms with van der Waals surface area (Å²) >= 11 is 0. The van der Waals surface area contributed by atoms with Crippen molar-refractivity contribution in [2.75, 3.05) is 19.8 Å². The van der Waals surface area contributed by atoms with Crippen molar-refractivity contribution in [1.29, 1.82) is 0 Å². The van der Waals surface area contributed by atoms with E-state index in [4.69, 9.17) is 9.47 Å². The Labute approximate surface area is 138 Å². The third-order valence-electron chi connectivity index (χ3n) is 4.98. The molecule has 23 heavy (non-hydrogen) atoms. The fourth-order valence-electron chi connectivity index (χ4n) is 3.58. The molecule has 2 aromatic rings. The lowest BCUT2D eigenvalue weighted by atomic mass is 9.92. The number of epoxide rings is 1. The van der Waals surface area contributed by atoms with E-state index in [1.807, 2.05) is 0 Å². The van der Waals surface area contributed by atoms with Crippen LogP contribution in [0.3, 0.4) is 0 Å². The Bertz CT molecular complexity index is 643. The topological polar surface area (TPSA) is 21.8 Å². The first-order valence-corrected chi connectivity index (χ1v) is 8.76. The van der Waals surface area contributed by atoms with Crippen LogP contribution in [0.1, 0.15) is 41.0 Å². The summed E-state index contributed by atoms with van der Waals surface area (Å²) in [5.41, 5.74) is 5.92.